The number of halogens is 3. The molecule has 0 spiro atoms. The lowest BCUT2D eigenvalue weighted by molar-refractivity contribution is -0.274. The monoisotopic (exact) mass is 349 g/mol. The van der Waals surface area contributed by atoms with Crippen molar-refractivity contribution in [2.24, 2.45) is 0 Å². The van der Waals surface area contributed by atoms with Crippen LogP contribution in [0, 0.1) is 6.92 Å². The summed E-state index contributed by atoms with van der Waals surface area (Å²) in [6.45, 7) is 1.94. The molecule has 3 aromatic rings. The van der Waals surface area contributed by atoms with Gasteiger partial charge in [0.1, 0.15) is 11.3 Å². The molecule has 1 N–H and O–H groups in total. The highest BCUT2D eigenvalue weighted by Gasteiger charge is 2.30. The van der Waals surface area contributed by atoms with E-state index in [9.17, 15) is 18.0 Å². The first kappa shape index (κ1) is 16.9. The second-order valence-electron chi connectivity index (χ2n) is 5.56. The SMILES string of the molecule is Cc1ccc2c(CC(=O)Nc3ccc(OC(F)(F)F)cc3)coc2c1. The van der Waals surface area contributed by atoms with Crippen LogP contribution in [-0.2, 0) is 11.2 Å². The molecule has 3 rings (SSSR count). The molecule has 4 nitrogen and oxygen atoms in total. The van der Waals surface area contributed by atoms with Gasteiger partial charge in [-0.25, -0.2) is 0 Å². The van der Waals surface area contributed by atoms with Gasteiger partial charge < -0.3 is 14.5 Å². The van der Waals surface area contributed by atoms with Crippen molar-refractivity contribution >= 4 is 22.6 Å². The third-order valence-electron chi connectivity index (χ3n) is 3.53. The van der Waals surface area contributed by atoms with E-state index >= 15 is 0 Å². The van der Waals surface area contributed by atoms with Gasteiger partial charge in [0, 0.05) is 16.6 Å². The van der Waals surface area contributed by atoms with Gasteiger partial charge in [0.2, 0.25) is 5.91 Å². The summed E-state index contributed by atoms with van der Waals surface area (Å²) in [5.41, 5.74) is 2.88. The summed E-state index contributed by atoms with van der Waals surface area (Å²) in [5.74, 6) is -0.644. The number of alkyl halides is 3. The average Bonchev–Trinajstić information content (AvgIpc) is 2.90. The van der Waals surface area contributed by atoms with Gasteiger partial charge in [-0.2, -0.15) is 0 Å². The first-order valence-electron chi connectivity index (χ1n) is 7.42. The summed E-state index contributed by atoms with van der Waals surface area (Å²) in [7, 11) is 0. The maximum atomic E-state index is 12.1. The van der Waals surface area contributed by atoms with E-state index < -0.39 is 6.36 Å². The maximum Gasteiger partial charge on any atom is 0.573 e. The number of carbonyl (C=O) groups is 1. The molecule has 0 unspecified atom stereocenters. The van der Waals surface area contributed by atoms with E-state index in [1.54, 1.807) is 0 Å². The van der Waals surface area contributed by atoms with E-state index in [4.69, 9.17) is 4.42 Å². The smallest absolute Gasteiger partial charge is 0.464 e. The van der Waals surface area contributed by atoms with Crippen LogP contribution < -0.4 is 10.1 Å². The van der Waals surface area contributed by atoms with E-state index in [1.807, 2.05) is 25.1 Å². The zero-order valence-corrected chi connectivity index (χ0v) is 13.2. The molecule has 0 fully saturated rings. The Bertz CT molecular complexity index is 898. The van der Waals surface area contributed by atoms with E-state index in [0.29, 0.717) is 11.3 Å². The molecule has 0 aliphatic carbocycles. The van der Waals surface area contributed by atoms with Crippen LogP contribution in [0.2, 0.25) is 0 Å². The van der Waals surface area contributed by atoms with Gasteiger partial charge >= 0.3 is 6.36 Å². The Morgan fingerprint density at radius 2 is 1.88 bits per heavy atom. The third-order valence-corrected chi connectivity index (χ3v) is 3.53. The summed E-state index contributed by atoms with van der Waals surface area (Å²) in [6.07, 6.45) is -3.12. The molecule has 0 aliphatic heterocycles. The molecule has 1 aromatic heterocycles. The third kappa shape index (κ3) is 4.32. The van der Waals surface area contributed by atoms with Crippen LogP contribution in [0.3, 0.4) is 0 Å². The van der Waals surface area contributed by atoms with Crippen LogP contribution in [0.25, 0.3) is 11.0 Å². The number of aryl methyl sites for hydroxylation is 1. The van der Waals surface area contributed by atoms with Gasteiger partial charge in [-0.15, -0.1) is 13.2 Å². The highest BCUT2D eigenvalue weighted by Crippen LogP contribution is 2.25. The maximum absolute atomic E-state index is 12.1. The minimum atomic E-state index is -4.74. The molecule has 7 heteroatoms. The van der Waals surface area contributed by atoms with Crippen molar-refractivity contribution in [3.8, 4) is 5.75 Å². The highest BCUT2D eigenvalue weighted by molar-refractivity contribution is 5.95. The van der Waals surface area contributed by atoms with Gasteiger partial charge in [0.25, 0.3) is 0 Å². The van der Waals surface area contributed by atoms with Crippen LogP contribution in [0.5, 0.6) is 5.75 Å². The molecule has 0 atom stereocenters. The second kappa shape index (κ2) is 6.51. The quantitative estimate of drug-likeness (QED) is 0.735. The fourth-order valence-corrected chi connectivity index (χ4v) is 2.45. The number of hydrogen-bond donors (Lipinski definition) is 1. The number of fused-ring (bicyclic) bond motifs is 1. The molecule has 0 saturated carbocycles. The first-order valence-corrected chi connectivity index (χ1v) is 7.42. The van der Waals surface area contributed by atoms with Crippen molar-refractivity contribution in [2.45, 2.75) is 19.7 Å². The average molecular weight is 349 g/mol. The Kier molecular flexibility index (Phi) is 4.39. The van der Waals surface area contributed by atoms with Crippen LogP contribution >= 0.6 is 0 Å². The lowest BCUT2D eigenvalue weighted by atomic mass is 10.1. The number of ether oxygens (including phenoxy) is 1. The van der Waals surface area contributed by atoms with Gasteiger partial charge in [-0.3, -0.25) is 4.79 Å². The lowest BCUT2D eigenvalue weighted by Gasteiger charge is -2.09. The molecule has 130 valence electrons. The lowest BCUT2D eigenvalue weighted by Crippen LogP contribution is -2.17. The Hall–Kier alpha value is -2.96. The number of rotatable bonds is 4. The van der Waals surface area contributed by atoms with E-state index in [0.717, 1.165) is 28.6 Å². The van der Waals surface area contributed by atoms with Crippen molar-refractivity contribution < 1.29 is 27.1 Å². The zero-order valence-electron chi connectivity index (χ0n) is 13.2. The normalized spacial score (nSPS) is 11.5. The molecule has 2 aromatic carbocycles. The van der Waals surface area contributed by atoms with Crippen molar-refractivity contribution in [3.63, 3.8) is 0 Å². The van der Waals surface area contributed by atoms with Crippen LogP contribution in [0.15, 0.2) is 53.1 Å². The summed E-state index contributed by atoms with van der Waals surface area (Å²) < 4.78 is 45.6. The summed E-state index contributed by atoms with van der Waals surface area (Å²) in [4.78, 5) is 12.1. The number of amides is 1. The minimum Gasteiger partial charge on any atom is -0.464 e. The van der Waals surface area contributed by atoms with Crippen molar-refractivity contribution in [3.05, 3.63) is 59.9 Å². The number of benzene rings is 2. The fraction of sp³-hybridized carbons (Fsp3) is 0.167. The van der Waals surface area contributed by atoms with Gasteiger partial charge in [-0.05, 0) is 42.8 Å². The number of nitrogens with one attached hydrogen (secondary N) is 1. The van der Waals surface area contributed by atoms with E-state index in [2.05, 4.69) is 10.1 Å². The molecule has 1 heterocycles. The van der Waals surface area contributed by atoms with E-state index in [1.165, 1.54) is 18.4 Å². The predicted molar refractivity (Wildman–Crippen MR) is 86.4 cm³/mol. The van der Waals surface area contributed by atoms with Gasteiger partial charge in [0.15, 0.2) is 0 Å². The van der Waals surface area contributed by atoms with E-state index in [-0.39, 0.29) is 18.1 Å². The molecule has 0 bridgehead atoms. The summed E-state index contributed by atoms with van der Waals surface area (Å²) in [5, 5.41) is 3.49. The molecule has 0 aliphatic rings. The van der Waals surface area contributed by atoms with Crippen molar-refractivity contribution in [2.75, 3.05) is 5.32 Å². The molecule has 25 heavy (non-hydrogen) atoms. The number of hydrogen-bond acceptors (Lipinski definition) is 3. The molecular formula is C18H14F3NO3. The molecule has 1 amide bonds. The number of furan rings is 1. The van der Waals surface area contributed by atoms with Crippen molar-refractivity contribution in [1.29, 1.82) is 0 Å². The van der Waals surface area contributed by atoms with Crippen molar-refractivity contribution in [1.82, 2.24) is 0 Å². The number of anilines is 1. The molecule has 0 radical (unpaired) electrons. The highest BCUT2D eigenvalue weighted by atomic mass is 19.4. The second-order valence-corrected chi connectivity index (χ2v) is 5.56. The van der Waals surface area contributed by atoms with Crippen LogP contribution in [0.4, 0.5) is 18.9 Å². The van der Waals surface area contributed by atoms with Crippen LogP contribution in [-0.4, -0.2) is 12.3 Å². The summed E-state index contributed by atoms with van der Waals surface area (Å²) >= 11 is 0. The Labute approximate surface area is 141 Å². The summed E-state index contributed by atoms with van der Waals surface area (Å²) in [6, 6.07) is 10.7. The largest absolute Gasteiger partial charge is 0.573 e. The van der Waals surface area contributed by atoms with Gasteiger partial charge in [0.05, 0.1) is 12.7 Å². The fourth-order valence-electron chi connectivity index (χ4n) is 2.45. The minimum absolute atomic E-state index is 0.0941. The first-order chi connectivity index (χ1) is 11.8. The zero-order chi connectivity index (χ0) is 18.0. The Morgan fingerprint density at radius 1 is 1.16 bits per heavy atom. The molecule has 0 saturated heterocycles. The van der Waals surface area contributed by atoms with Crippen LogP contribution in [0.1, 0.15) is 11.1 Å². The molecular weight excluding hydrogens is 335 g/mol. The standard InChI is InChI=1S/C18H14F3NO3/c1-11-2-7-15-12(10-24-16(15)8-11)9-17(23)22-13-3-5-14(6-4-13)25-18(19,20)21/h2-8,10H,9H2,1H3,(H,22,23). The number of carbonyl (C=O) groups excluding carboxylic acids is 1. The topological polar surface area (TPSA) is 51.5 Å². The predicted octanol–water partition coefficient (Wildman–Crippen LogP) is 4.82. The Morgan fingerprint density at radius 3 is 2.56 bits per heavy atom. The van der Waals surface area contributed by atoms with Gasteiger partial charge in [-0.1, -0.05) is 12.1 Å². The Balaban J connectivity index is 1.66.